The van der Waals surface area contributed by atoms with E-state index in [1.165, 1.54) is 0 Å². The Kier molecular flexibility index (Phi) is 6.39. The summed E-state index contributed by atoms with van der Waals surface area (Å²) in [6.45, 7) is 6.13. The number of carbonyl (C=O) groups is 1. The molecule has 31 heavy (non-hydrogen) atoms. The number of rotatable bonds is 6. The maximum atomic E-state index is 12.9. The number of fused-ring (bicyclic) bond motifs is 1. The molecule has 4 heterocycles. The number of aromatic nitrogens is 2. The minimum atomic E-state index is -3.50. The lowest BCUT2D eigenvalue weighted by Gasteiger charge is -2.31. The Labute approximate surface area is 191 Å². The number of nitrogens with zero attached hydrogens (tertiary/aromatic N) is 4. The van der Waals surface area contributed by atoms with Crippen molar-refractivity contribution < 1.29 is 13.2 Å². The molecule has 10 heteroatoms. The first kappa shape index (κ1) is 22.3. The number of amides is 1. The minimum Gasteiger partial charge on any atom is -0.339 e. The van der Waals surface area contributed by atoms with Gasteiger partial charge >= 0.3 is 0 Å². The van der Waals surface area contributed by atoms with Crippen molar-refractivity contribution in [2.75, 3.05) is 26.2 Å². The zero-order valence-electron chi connectivity index (χ0n) is 17.5. The van der Waals surface area contributed by atoms with Crippen LogP contribution in [-0.4, -0.2) is 59.3 Å². The van der Waals surface area contributed by atoms with Gasteiger partial charge in [-0.15, -0.1) is 11.3 Å². The van der Waals surface area contributed by atoms with Crippen LogP contribution in [0.1, 0.15) is 48.5 Å². The molecule has 4 rings (SSSR count). The molecule has 7 nitrogen and oxygen atoms in total. The van der Waals surface area contributed by atoms with Gasteiger partial charge in [-0.1, -0.05) is 11.6 Å². The lowest BCUT2D eigenvalue weighted by Crippen LogP contribution is -2.37. The molecule has 1 fully saturated rings. The lowest BCUT2D eigenvalue weighted by atomic mass is 9.90. The SMILES string of the molecule is CCN(CC)C(=O)c1cnn2ccc(C3CCN(S(=O)(=O)c4ccc(Cl)s4)CC3)cc12. The molecule has 0 radical (unpaired) electrons. The fourth-order valence-electron chi connectivity index (χ4n) is 4.09. The molecule has 3 aromatic heterocycles. The first-order valence-corrected chi connectivity index (χ1v) is 13.0. The third-order valence-electron chi connectivity index (χ3n) is 5.89. The normalized spacial score (nSPS) is 16.1. The van der Waals surface area contributed by atoms with E-state index in [1.54, 1.807) is 32.1 Å². The summed E-state index contributed by atoms with van der Waals surface area (Å²) in [5.41, 5.74) is 2.50. The second-order valence-corrected chi connectivity index (χ2v) is 11.4. The second-order valence-electron chi connectivity index (χ2n) is 7.56. The highest BCUT2D eigenvalue weighted by molar-refractivity contribution is 7.91. The maximum absolute atomic E-state index is 12.9. The van der Waals surface area contributed by atoms with Crippen LogP contribution in [0.2, 0.25) is 4.34 Å². The van der Waals surface area contributed by atoms with Gasteiger partial charge in [0.05, 0.1) is 21.6 Å². The number of sulfonamides is 1. The zero-order valence-corrected chi connectivity index (χ0v) is 19.9. The summed E-state index contributed by atoms with van der Waals surface area (Å²) in [6, 6.07) is 7.22. The quantitative estimate of drug-likeness (QED) is 0.532. The summed E-state index contributed by atoms with van der Waals surface area (Å²) in [5, 5.41) is 4.33. The third-order valence-corrected chi connectivity index (χ3v) is 9.49. The molecular weight excluding hydrogens is 456 g/mol. The van der Waals surface area contributed by atoms with E-state index in [9.17, 15) is 13.2 Å². The van der Waals surface area contributed by atoms with Crippen molar-refractivity contribution in [3.63, 3.8) is 0 Å². The van der Waals surface area contributed by atoms with Crippen LogP contribution in [-0.2, 0) is 10.0 Å². The Morgan fingerprint density at radius 3 is 2.55 bits per heavy atom. The average Bonchev–Trinajstić information content (AvgIpc) is 3.40. The Morgan fingerprint density at radius 2 is 1.94 bits per heavy atom. The fourth-order valence-corrected chi connectivity index (χ4v) is 7.20. The van der Waals surface area contributed by atoms with E-state index in [0.29, 0.717) is 36.1 Å². The number of carbonyl (C=O) groups excluding carboxylic acids is 1. The molecule has 1 saturated heterocycles. The monoisotopic (exact) mass is 480 g/mol. The van der Waals surface area contributed by atoms with Crippen molar-refractivity contribution >= 4 is 44.4 Å². The summed E-state index contributed by atoms with van der Waals surface area (Å²) in [7, 11) is -3.50. The largest absolute Gasteiger partial charge is 0.339 e. The average molecular weight is 481 g/mol. The summed E-state index contributed by atoms with van der Waals surface area (Å²) < 4.78 is 29.7. The van der Waals surface area contributed by atoms with Crippen LogP contribution >= 0.6 is 22.9 Å². The number of hydrogen-bond donors (Lipinski definition) is 0. The molecular formula is C21H25ClN4O3S2. The number of hydrogen-bond acceptors (Lipinski definition) is 5. The fraction of sp³-hybridized carbons (Fsp3) is 0.429. The van der Waals surface area contributed by atoms with Gasteiger partial charge in [0.1, 0.15) is 4.21 Å². The topological polar surface area (TPSA) is 75.0 Å². The van der Waals surface area contributed by atoms with E-state index >= 15 is 0 Å². The first-order valence-electron chi connectivity index (χ1n) is 10.4. The molecule has 0 aliphatic carbocycles. The standard InChI is InChI=1S/C21H25ClN4O3S2/c1-3-24(4-2)21(27)17-14-23-26-12-9-16(13-18(17)26)15-7-10-25(11-8-15)31(28,29)20-6-5-19(22)30-20/h5-6,9,12-15H,3-4,7-8,10-11H2,1-2H3. The molecule has 1 aliphatic heterocycles. The van der Waals surface area contributed by atoms with Crippen LogP contribution in [0.4, 0.5) is 0 Å². The molecule has 0 bridgehead atoms. The minimum absolute atomic E-state index is 0.0207. The second kappa shape index (κ2) is 8.90. The van der Waals surface area contributed by atoms with Crippen molar-refractivity contribution in [2.45, 2.75) is 36.8 Å². The van der Waals surface area contributed by atoms with Gasteiger partial charge in [0.25, 0.3) is 15.9 Å². The summed E-state index contributed by atoms with van der Waals surface area (Å²) >= 11 is 7.01. The van der Waals surface area contributed by atoms with Crippen molar-refractivity contribution in [1.82, 2.24) is 18.8 Å². The van der Waals surface area contributed by atoms with Gasteiger partial charge in [-0.25, -0.2) is 12.9 Å². The lowest BCUT2D eigenvalue weighted by molar-refractivity contribution is 0.0775. The van der Waals surface area contributed by atoms with E-state index < -0.39 is 10.0 Å². The van der Waals surface area contributed by atoms with E-state index in [1.807, 2.05) is 32.2 Å². The Bertz CT molecular complexity index is 1190. The van der Waals surface area contributed by atoms with Crippen LogP contribution in [0.25, 0.3) is 5.52 Å². The van der Waals surface area contributed by atoms with E-state index in [0.717, 1.165) is 35.3 Å². The molecule has 0 aromatic carbocycles. The highest BCUT2D eigenvalue weighted by atomic mass is 35.5. The number of pyridine rings is 1. The molecule has 166 valence electrons. The number of halogens is 1. The van der Waals surface area contributed by atoms with Gasteiger partial charge in [-0.05, 0) is 62.4 Å². The van der Waals surface area contributed by atoms with Gasteiger partial charge in [0.2, 0.25) is 0 Å². The van der Waals surface area contributed by atoms with E-state index in [-0.39, 0.29) is 16.0 Å². The number of piperidine rings is 1. The molecule has 0 atom stereocenters. The molecule has 1 aliphatic rings. The van der Waals surface area contributed by atoms with Gasteiger partial charge in [-0.2, -0.15) is 9.40 Å². The molecule has 1 amide bonds. The van der Waals surface area contributed by atoms with E-state index in [2.05, 4.69) is 5.10 Å². The smallest absolute Gasteiger partial charge is 0.257 e. The van der Waals surface area contributed by atoms with Crippen LogP contribution in [0.3, 0.4) is 0 Å². The summed E-state index contributed by atoms with van der Waals surface area (Å²) in [6.07, 6.45) is 4.95. The first-order chi connectivity index (χ1) is 14.8. The number of thiophene rings is 1. The van der Waals surface area contributed by atoms with Gasteiger partial charge in [-0.3, -0.25) is 4.79 Å². The van der Waals surface area contributed by atoms with E-state index in [4.69, 9.17) is 11.6 Å². The Morgan fingerprint density at radius 1 is 1.23 bits per heavy atom. The van der Waals surface area contributed by atoms with Crippen LogP contribution in [0.15, 0.2) is 40.9 Å². The van der Waals surface area contributed by atoms with Crippen molar-refractivity contribution in [1.29, 1.82) is 0 Å². The molecule has 0 N–H and O–H groups in total. The van der Waals surface area contributed by atoms with Crippen molar-refractivity contribution in [3.8, 4) is 0 Å². The molecule has 0 unspecified atom stereocenters. The summed E-state index contributed by atoms with van der Waals surface area (Å²) in [4.78, 5) is 14.6. The van der Waals surface area contributed by atoms with Crippen molar-refractivity contribution in [2.24, 2.45) is 0 Å². The molecule has 3 aromatic rings. The van der Waals surface area contributed by atoms with Crippen LogP contribution in [0.5, 0.6) is 0 Å². The van der Waals surface area contributed by atoms with Gasteiger partial charge in [0, 0.05) is 32.4 Å². The highest BCUT2D eigenvalue weighted by Gasteiger charge is 2.31. The Balaban J connectivity index is 1.53. The highest BCUT2D eigenvalue weighted by Crippen LogP contribution is 2.34. The predicted octanol–water partition coefficient (Wildman–Crippen LogP) is 4.10. The Hall–Kier alpha value is -1.94. The van der Waals surface area contributed by atoms with Crippen molar-refractivity contribution in [3.05, 3.63) is 52.1 Å². The maximum Gasteiger partial charge on any atom is 0.257 e. The summed E-state index contributed by atoms with van der Waals surface area (Å²) in [5.74, 6) is 0.211. The third kappa shape index (κ3) is 4.24. The predicted molar refractivity (Wildman–Crippen MR) is 123 cm³/mol. The zero-order chi connectivity index (χ0) is 22.2. The molecule has 0 saturated carbocycles. The van der Waals surface area contributed by atoms with Gasteiger partial charge in [0.15, 0.2) is 0 Å². The van der Waals surface area contributed by atoms with Crippen LogP contribution < -0.4 is 0 Å². The van der Waals surface area contributed by atoms with Crippen LogP contribution in [0, 0.1) is 0 Å². The molecule has 0 spiro atoms. The van der Waals surface area contributed by atoms with Gasteiger partial charge < -0.3 is 4.90 Å².